The van der Waals surface area contributed by atoms with Gasteiger partial charge in [0.2, 0.25) is 0 Å². The fourth-order valence-corrected chi connectivity index (χ4v) is 2.84. The van der Waals surface area contributed by atoms with Crippen molar-refractivity contribution in [2.45, 2.75) is 38.8 Å². The van der Waals surface area contributed by atoms with E-state index in [1.807, 2.05) is 12.1 Å². The second-order valence-electron chi connectivity index (χ2n) is 5.10. The van der Waals surface area contributed by atoms with Gasteiger partial charge in [0.25, 0.3) is 0 Å². The van der Waals surface area contributed by atoms with E-state index in [0.29, 0.717) is 12.1 Å². The van der Waals surface area contributed by atoms with Crippen LogP contribution in [0.3, 0.4) is 0 Å². The van der Waals surface area contributed by atoms with E-state index in [2.05, 4.69) is 24.8 Å². The number of methoxy groups -OCH3 is 2. The van der Waals surface area contributed by atoms with Crippen LogP contribution in [0.4, 0.5) is 0 Å². The van der Waals surface area contributed by atoms with E-state index in [1.165, 1.54) is 24.9 Å². The SMILES string of the molecule is COc1ccc(OC)c([C@H]2CCCN2C(C)C)c1. The lowest BCUT2D eigenvalue weighted by Gasteiger charge is -2.29. The molecule has 1 aromatic carbocycles. The van der Waals surface area contributed by atoms with Crippen molar-refractivity contribution in [3.05, 3.63) is 23.8 Å². The molecule has 3 nitrogen and oxygen atoms in total. The van der Waals surface area contributed by atoms with Crippen LogP contribution < -0.4 is 9.47 Å². The van der Waals surface area contributed by atoms with Gasteiger partial charge in [0.05, 0.1) is 14.2 Å². The number of ether oxygens (including phenoxy) is 2. The molecule has 1 aromatic rings. The Morgan fingerprint density at radius 1 is 1.22 bits per heavy atom. The fraction of sp³-hybridized carbons (Fsp3) is 0.600. The maximum Gasteiger partial charge on any atom is 0.123 e. The van der Waals surface area contributed by atoms with E-state index in [-0.39, 0.29) is 0 Å². The van der Waals surface area contributed by atoms with Crippen molar-refractivity contribution in [2.75, 3.05) is 20.8 Å². The third-order valence-corrected chi connectivity index (χ3v) is 3.75. The summed E-state index contributed by atoms with van der Waals surface area (Å²) in [5.74, 6) is 1.87. The highest BCUT2D eigenvalue weighted by atomic mass is 16.5. The average Bonchev–Trinajstić information content (AvgIpc) is 2.87. The molecule has 18 heavy (non-hydrogen) atoms. The smallest absolute Gasteiger partial charge is 0.123 e. The highest BCUT2D eigenvalue weighted by molar-refractivity contribution is 5.42. The molecule has 1 atom stereocenters. The number of likely N-dealkylation sites (tertiary alicyclic amines) is 1. The summed E-state index contributed by atoms with van der Waals surface area (Å²) in [6, 6.07) is 7.09. The minimum Gasteiger partial charge on any atom is -0.497 e. The zero-order valence-corrected chi connectivity index (χ0v) is 11.8. The van der Waals surface area contributed by atoms with E-state index in [1.54, 1.807) is 14.2 Å². The van der Waals surface area contributed by atoms with Gasteiger partial charge >= 0.3 is 0 Å². The second-order valence-corrected chi connectivity index (χ2v) is 5.10. The summed E-state index contributed by atoms with van der Waals surface area (Å²) in [7, 11) is 3.44. The van der Waals surface area contributed by atoms with Gasteiger partial charge in [-0.25, -0.2) is 0 Å². The van der Waals surface area contributed by atoms with Crippen LogP contribution in [0, 0.1) is 0 Å². The van der Waals surface area contributed by atoms with Crippen LogP contribution in [0.2, 0.25) is 0 Å². The van der Waals surface area contributed by atoms with Crippen molar-refractivity contribution in [2.24, 2.45) is 0 Å². The first-order valence-electron chi connectivity index (χ1n) is 6.65. The zero-order chi connectivity index (χ0) is 13.1. The molecular formula is C15H23NO2. The van der Waals surface area contributed by atoms with Crippen LogP contribution in [0.5, 0.6) is 11.5 Å². The predicted molar refractivity (Wildman–Crippen MR) is 73.4 cm³/mol. The molecule has 0 N–H and O–H groups in total. The minimum atomic E-state index is 0.454. The Morgan fingerprint density at radius 2 is 2.00 bits per heavy atom. The molecule has 1 saturated heterocycles. The molecule has 2 rings (SSSR count). The van der Waals surface area contributed by atoms with Crippen LogP contribution in [0.1, 0.15) is 38.3 Å². The van der Waals surface area contributed by atoms with Crippen molar-refractivity contribution in [1.82, 2.24) is 4.90 Å². The Kier molecular flexibility index (Phi) is 4.12. The predicted octanol–water partition coefficient (Wildman–Crippen LogP) is 3.25. The van der Waals surface area contributed by atoms with Gasteiger partial charge in [-0.05, 0) is 51.4 Å². The summed E-state index contributed by atoms with van der Waals surface area (Å²) in [5.41, 5.74) is 1.25. The summed E-state index contributed by atoms with van der Waals surface area (Å²) in [4.78, 5) is 2.54. The zero-order valence-electron chi connectivity index (χ0n) is 11.8. The van der Waals surface area contributed by atoms with Gasteiger partial charge < -0.3 is 9.47 Å². The van der Waals surface area contributed by atoms with Gasteiger partial charge in [0.15, 0.2) is 0 Å². The van der Waals surface area contributed by atoms with Crippen molar-refractivity contribution in [3.63, 3.8) is 0 Å². The topological polar surface area (TPSA) is 21.7 Å². The molecule has 1 aliphatic heterocycles. The molecule has 0 amide bonds. The molecule has 1 heterocycles. The Balaban J connectivity index is 2.35. The van der Waals surface area contributed by atoms with Gasteiger partial charge in [-0.2, -0.15) is 0 Å². The molecular weight excluding hydrogens is 226 g/mol. The summed E-state index contributed by atoms with van der Waals surface area (Å²) >= 11 is 0. The lowest BCUT2D eigenvalue weighted by atomic mass is 10.0. The molecule has 100 valence electrons. The molecule has 0 bridgehead atoms. The maximum absolute atomic E-state index is 5.50. The fourth-order valence-electron chi connectivity index (χ4n) is 2.84. The molecule has 0 unspecified atom stereocenters. The van der Waals surface area contributed by atoms with E-state index in [4.69, 9.17) is 9.47 Å². The van der Waals surface area contributed by atoms with Gasteiger partial charge in [0, 0.05) is 17.6 Å². The third kappa shape index (κ3) is 2.46. The summed E-state index contributed by atoms with van der Waals surface area (Å²) in [6.07, 6.45) is 2.45. The molecule has 0 saturated carbocycles. The third-order valence-electron chi connectivity index (χ3n) is 3.75. The quantitative estimate of drug-likeness (QED) is 0.817. The Morgan fingerprint density at radius 3 is 2.61 bits per heavy atom. The number of benzene rings is 1. The van der Waals surface area contributed by atoms with Gasteiger partial charge in [-0.1, -0.05) is 0 Å². The van der Waals surface area contributed by atoms with Crippen LogP contribution in [-0.4, -0.2) is 31.7 Å². The summed E-state index contributed by atoms with van der Waals surface area (Å²) in [6.45, 7) is 5.68. The van der Waals surface area contributed by atoms with E-state index in [9.17, 15) is 0 Å². The van der Waals surface area contributed by atoms with Crippen molar-refractivity contribution < 1.29 is 9.47 Å². The molecule has 3 heteroatoms. The highest BCUT2D eigenvalue weighted by Crippen LogP contribution is 2.39. The standard InChI is InChI=1S/C15H23NO2/c1-11(2)16-9-5-6-14(16)13-10-12(17-3)7-8-15(13)18-4/h7-8,10-11,14H,5-6,9H2,1-4H3/t14-/m1/s1. The summed E-state index contributed by atoms with van der Waals surface area (Å²) in [5, 5.41) is 0. The molecule has 1 fully saturated rings. The first kappa shape index (κ1) is 13.2. The number of hydrogen-bond acceptors (Lipinski definition) is 3. The molecule has 0 aromatic heterocycles. The largest absolute Gasteiger partial charge is 0.497 e. The normalized spacial score (nSPS) is 20.4. The average molecular weight is 249 g/mol. The van der Waals surface area contributed by atoms with Crippen LogP contribution in [0.15, 0.2) is 18.2 Å². The Hall–Kier alpha value is -1.22. The second kappa shape index (κ2) is 5.61. The molecule has 0 spiro atoms. The number of nitrogens with zero attached hydrogens (tertiary/aromatic N) is 1. The first-order valence-corrected chi connectivity index (χ1v) is 6.65. The Labute approximate surface area is 110 Å². The van der Waals surface area contributed by atoms with Gasteiger partial charge in [0.1, 0.15) is 11.5 Å². The van der Waals surface area contributed by atoms with E-state index in [0.717, 1.165) is 11.5 Å². The van der Waals surface area contributed by atoms with Crippen LogP contribution in [0.25, 0.3) is 0 Å². The molecule has 0 radical (unpaired) electrons. The van der Waals surface area contributed by atoms with Crippen molar-refractivity contribution in [1.29, 1.82) is 0 Å². The van der Waals surface area contributed by atoms with Gasteiger partial charge in [-0.15, -0.1) is 0 Å². The molecule has 0 aliphatic carbocycles. The Bertz CT molecular complexity index is 403. The van der Waals surface area contributed by atoms with Crippen molar-refractivity contribution >= 4 is 0 Å². The minimum absolute atomic E-state index is 0.454. The van der Waals surface area contributed by atoms with Crippen LogP contribution in [-0.2, 0) is 0 Å². The lowest BCUT2D eigenvalue weighted by molar-refractivity contribution is 0.201. The number of hydrogen-bond donors (Lipinski definition) is 0. The maximum atomic E-state index is 5.50. The lowest BCUT2D eigenvalue weighted by Crippen LogP contribution is -2.30. The monoisotopic (exact) mass is 249 g/mol. The summed E-state index contributed by atoms with van der Waals surface area (Å²) < 4.78 is 10.8. The molecule has 1 aliphatic rings. The van der Waals surface area contributed by atoms with E-state index >= 15 is 0 Å². The van der Waals surface area contributed by atoms with E-state index < -0.39 is 0 Å². The first-order chi connectivity index (χ1) is 8.67. The number of rotatable bonds is 4. The van der Waals surface area contributed by atoms with Crippen molar-refractivity contribution in [3.8, 4) is 11.5 Å². The van der Waals surface area contributed by atoms with Crippen LogP contribution >= 0.6 is 0 Å². The van der Waals surface area contributed by atoms with Gasteiger partial charge in [-0.3, -0.25) is 4.90 Å². The highest BCUT2D eigenvalue weighted by Gasteiger charge is 2.30.